The van der Waals surface area contributed by atoms with Crippen LogP contribution in [0.1, 0.15) is 37.8 Å². The summed E-state index contributed by atoms with van der Waals surface area (Å²) >= 11 is 0. The minimum absolute atomic E-state index is 0.127. The summed E-state index contributed by atoms with van der Waals surface area (Å²) in [7, 11) is 0. The Morgan fingerprint density at radius 3 is 2.30 bits per heavy atom. The maximum absolute atomic E-state index is 12.8. The molecule has 2 atom stereocenters. The van der Waals surface area contributed by atoms with Crippen LogP contribution in [0.2, 0.25) is 0 Å². The van der Waals surface area contributed by atoms with Gasteiger partial charge in [0, 0.05) is 11.7 Å². The van der Waals surface area contributed by atoms with E-state index in [0.29, 0.717) is 5.69 Å². The van der Waals surface area contributed by atoms with E-state index in [1.165, 1.54) is 12.1 Å². The highest BCUT2D eigenvalue weighted by Crippen LogP contribution is 2.33. The molecule has 0 bridgehead atoms. The van der Waals surface area contributed by atoms with Gasteiger partial charge in [-0.05, 0) is 51.3 Å². The van der Waals surface area contributed by atoms with E-state index in [4.69, 9.17) is 4.74 Å². The Balaban J connectivity index is 2.16. The van der Waals surface area contributed by atoms with E-state index >= 15 is 0 Å². The molecule has 20 heavy (non-hydrogen) atoms. The SMILES string of the molecule is Cc1ccc(C(F)(F)F)cc1NC1CC(C)OC(C)C1. The fourth-order valence-corrected chi connectivity index (χ4v) is 2.70. The van der Waals surface area contributed by atoms with Crippen LogP contribution in [-0.2, 0) is 10.9 Å². The van der Waals surface area contributed by atoms with Crippen LogP contribution in [0.15, 0.2) is 18.2 Å². The number of aryl methyl sites for hydroxylation is 1. The maximum atomic E-state index is 12.8. The first kappa shape index (κ1) is 15.2. The molecule has 1 heterocycles. The highest BCUT2D eigenvalue weighted by Gasteiger charge is 2.31. The topological polar surface area (TPSA) is 21.3 Å². The lowest BCUT2D eigenvalue weighted by molar-refractivity contribution is -0.137. The molecule has 0 aliphatic carbocycles. The number of rotatable bonds is 2. The van der Waals surface area contributed by atoms with Crippen LogP contribution >= 0.6 is 0 Å². The summed E-state index contributed by atoms with van der Waals surface area (Å²) in [4.78, 5) is 0. The molecule has 1 saturated heterocycles. The number of hydrogen-bond donors (Lipinski definition) is 1. The molecule has 2 unspecified atom stereocenters. The zero-order chi connectivity index (χ0) is 14.9. The first-order valence-corrected chi connectivity index (χ1v) is 6.85. The number of nitrogens with one attached hydrogen (secondary N) is 1. The Kier molecular flexibility index (Phi) is 4.28. The van der Waals surface area contributed by atoms with E-state index < -0.39 is 11.7 Å². The molecule has 1 fully saturated rings. The minimum Gasteiger partial charge on any atom is -0.382 e. The van der Waals surface area contributed by atoms with E-state index in [1.54, 1.807) is 0 Å². The van der Waals surface area contributed by atoms with Gasteiger partial charge in [0.1, 0.15) is 0 Å². The van der Waals surface area contributed by atoms with Gasteiger partial charge in [0.25, 0.3) is 0 Å². The average Bonchev–Trinajstić information content (AvgIpc) is 2.29. The summed E-state index contributed by atoms with van der Waals surface area (Å²) in [6, 6.07) is 3.98. The molecule has 112 valence electrons. The molecule has 1 aromatic carbocycles. The van der Waals surface area contributed by atoms with E-state index in [1.807, 2.05) is 20.8 Å². The molecule has 0 saturated carbocycles. The van der Waals surface area contributed by atoms with E-state index in [2.05, 4.69) is 5.32 Å². The maximum Gasteiger partial charge on any atom is 0.416 e. The molecule has 5 heteroatoms. The van der Waals surface area contributed by atoms with Crippen LogP contribution < -0.4 is 5.32 Å². The molecule has 0 spiro atoms. The standard InChI is InChI=1S/C15H20F3NO/c1-9-4-5-12(15(16,17)18)8-14(9)19-13-6-10(2)20-11(3)7-13/h4-5,8,10-11,13,19H,6-7H2,1-3H3. The lowest BCUT2D eigenvalue weighted by atomic mass is 9.98. The second-order valence-electron chi connectivity index (χ2n) is 5.60. The van der Waals surface area contributed by atoms with Crippen molar-refractivity contribution in [2.24, 2.45) is 0 Å². The fraction of sp³-hybridized carbons (Fsp3) is 0.600. The normalized spacial score (nSPS) is 27.4. The van der Waals surface area contributed by atoms with Gasteiger partial charge in [-0.15, -0.1) is 0 Å². The molecule has 0 radical (unpaired) electrons. The molecule has 1 N–H and O–H groups in total. The van der Waals surface area contributed by atoms with Gasteiger partial charge in [-0.3, -0.25) is 0 Å². The Morgan fingerprint density at radius 2 is 1.75 bits per heavy atom. The zero-order valence-corrected chi connectivity index (χ0v) is 11.9. The smallest absolute Gasteiger partial charge is 0.382 e. The summed E-state index contributed by atoms with van der Waals surface area (Å²) in [6.07, 6.45) is -2.44. The van der Waals surface area contributed by atoms with E-state index in [-0.39, 0.29) is 18.2 Å². The Bertz CT molecular complexity index is 463. The van der Waals surface area contributed by atoms with E-state index in [0.717, 1.165) is 24.5 Å². The third-order valence-electron chi connectivity index (χ3n) is 3.62. The molecule has 1 aromatic rings. The van der Waals surface area contributed by atoms with Crippen molar-refractivity contribution in [2.45, 2.75) is 58.0 Å². The quantitative estimate of drug-likeness (QED) is 0.871. The third kappa shape index (κ3) is 3.66. The predicted octanol–water partition coefficient (Wildman–Crippen LogP) is 4.38. The highest BCUT2D eigenvalue weighted by molar-refractivity contribution is 5.54. The summed E-state index contributed by atoms with van der Waals surface area (Å²) < 4.78 is 43.9. The van der Waals surface area contributed by atoms with Gasteiger partial charge < -0.3 is 10.1 Å². The zero-order valence-electron chi connectivity index (χ0n) is 11.9. The van der Waals surface area contributed by atoms with Crippen LogP contribution in [0.3, 0.4) is 0 Å². The molecule has 2 nitrogen and oxygen atoms in total. The van der Waals surface area contributed by atoms with Crippen LogP contribution in [0, 0.1) is 6.92 Å². The van der Waals surface area contributed by atoms with Gasteiger partial charge in [-0.25, -0.2) is 0 Å². The van der Waals surface area contributed by atoms with Gasteiger partial charge in [-0.2, -0.15) is 13.2 Å². The number of anilines is 1. The van der Waals surface area contributed by atoms with Crippen molar-refractivity contribution < 1.29 is 17.9 Å². The summed E-state index contributed by atoms with van der Waals surface area (Å²) in [5.41, 5.74) is 0.773. The minimum atomic E-state index is -4.31. The summed E-state index contributed by atoms with van der Waals surface area (Å²) in [6.45, 7) is 5.79. The van der Waals surface area contributed by atoms with Gasteiger partial charge in [0.05, 0.1) is 17.8 Å². The van der Waals surface area contributed by atoms with Crippen LogP contribution in [0.5, 0.6) is 0 Å². The molecular weight excluding hydrogens is 267 g/mol. The number of alkyl halides is 3. The van der Waals surface area contributed by atoms with E-state index in [9.17, 15) is 13.2 Å². The molecule has 0 aromatic heterocycles. The molecule has 1 aliphatic rings. The largest absolute Gasteiger partial charge is 0.416 e. The summed E-state index contributed by atoms with van der Waals surface area (Å²) in [5, 5.41) is 3.24. The van der Waals surface area contributed by atoms with Crippen molar-refractivity contribution in [3.63, 3.8) is 0 Å². The second kappa shape index (κ2) is 5.64. The van der Waals surface area contributed by atoms with Crippen LogP contribution in [0.25, 0.3) is 0 Å². The molecule has 1 aliphatic heterocycles. The number of hydrogen-bond acceptors (Lipinski definition) is 2. The number of ether oxygens (including phenoxy) is 1. The first-order chi connectivity index (χ1) is 9.25. The lowest BCUT2D eigenvalue weighted by Crippen LogP contribution is -2.37. The monoisotopic (exact) mass is 287 g/mol. The van der Waals surface area contributed by atoms with Crippen LogP contribution in [-0.4, -0.2) is 18.2 Å². The Hall–Kier alpha value is -1.23. The van der Waals surface area contributed by atoms with Crippen molar-refractivity contribution in [3.8, 4) is 0 Å². The highest BCUT2D eigenvalue weighted by atomic mass is 19.4. The van der Waals surface area contributed by atoms with Crippen molar-refractivity contribution in [1.82, 2.24) is 0 Å². The van der Waals surface area contributed by atoms with Crippen molar-refractivity contribution in [1.29, 1.82) is 0 Å². The second-order valence-corrected chi connectivity index (χ2v) is 5.60. The van der Waals surface area contributed by atoms with Gasteiger partial charge in [-0.1, -0.05) is 6.07 Å². The van der Waals surface area contributed by atoms with Crippen molar-refractivity contribution in [3.05, 3.63) is 29.3 Å². The predicted molar refractivity (Wildman–Crippen MR) is 72.8 cm³/mol. The van der Waals surface area contributed by atoms with Gasteiger partial charge in [0.2, 0.25) is 0 Å². The Labute approximate surface area is 117 Å². The molecule has 2 rings (SSSR count). The third-order valence-corrected chi connectivity index (χ3v) is 3.62. The average molecular weight is 287 g/mol. The van der Waals surface area contributed by atoms with Crippen molar-refractivity contribution in [2.75, 3.05) is 5.32 Å². The fourth-order valence-electron chi connectivity index (χ4n) is 2.70. The summed E-state index contributed by atoms with van der Waals surface area (Å²) in [5.74, 6) is 0. The van der Waals surface area contributed by atoms with Crippen LogP contribution in [0.4, 0.5) is 18.9 Å². The van der Waals surface area contributed by atoms with Crippen molar-refractivity contribution >= 4 is 5.69 Å². The van der Waals surface area contributed by atoms with Gasteiger partial charge in [0.15, 0.2) is 0 Å². The number of halogens is 3. The first-order valence-electron chi connectivity index (χ1n) is 6.85. The van der Waals surface area contributed by atoms with Gasteiger partial charge >= 0.3 is 6.18 Å². The molecular formula is C15H20F3NO. The molecule has 0 amide bonds. The Morgan fingerprint density at radius 1 is 1.15 bits per heavy atom. The number of benzene rings is 1. The lowest BCUT2D eigenvalue weighted by Gasteiger charge is -2.33.